The first-order valence-electron chi connectivity index (χ1n) is 8.42. The van der Waals surface area contributed by atoms with Gasteiger partial charge in [0, 0.05) is 36.6 Å². The number of hydrogen-bond acceptors (Lipinski definition) is 5. The molecule has 2 amide bonds. The molecule has 0 radical (unpaired) electrons. The number of methoxy groups -OCH3 is 1. The van der Waals surface area contributed by atoms with Crippen LogP contribution < -0.4 is 20.3 Å². The number of aryl methyl sites for hydroxylation is 1. The van der Waals surface area contributed by atoms with Gasteiger partial charge < -0.3 is 20.3 Å². The smallest absolute Gasteiger partial charge is 0.319 e. The third kappa shape index (κ3) is 4.59. The number of carbonyl (C=O) groups is 1. The van der Waals surface area contributed by atoms with E-state index in [0.717, 1.165) is 24.6 Å². The van der Waals surface area contributed by atoms with Crippen LogP contribution in [0.15, 0.2) is 30.3 Å². The number of nitrogens with zero attached hydrogens (tertiary/aromatic N) is 3. The maximum absolute atomic E-state index is 12.1. The average molecular weight is 341 g/mol. The van der Waals surface area contributed by atoms with E-state index in [1.54, 1.807) is 19.2 Å². The van der Waals surface area contributed by atoms with Crippen molar-refractivity contribution in [3.05, 3.63) is 41.9 Å². The second-order valence-corrected chi connectivity index (χ2v) is 6.02. The summed E-state index contributed by atoms with van der Waals surface area (Å²) in [7, 11) is 1.59. The highest BCUT2D eigenvalue weighted by Crippen LogP contribution is 2.19. The Balaban J connectivity index is 1.59. The Morgan fingerprint density at radius 3 is 2.80 bits per heavy atom. The highest BCUT2D eigenvalue weighted by atomic mass is 16.5. The van der Waals surface area contributed by atoms with Crippen LogP contribution in [0.4, 0.5) is 16.3 Å². The number of ether oxygens (including phenoxy) is 1. The molecule has 0 spiro atoms. The largest absolute Gasteiger partial charge is 0.497 e. The summed E-state index contributed by atoms with van der Waals surface area (Å²) >= 11 is 0. The molecule has 132 valence electrons. The van der Waals surface area contributed by atoms with Crippen LogP contribution in [0.5, 0.6) is 5.75 Å². The van der Waals surface area contributed by atoms with Gasteiger partial charge in [-0.25, -0.2) is 14.8 Å². The van der Waals surface area contributed by atoms with Gasteiger partial charge >= 0.3 is 6.03 Å². The van der Waals surface area contributed by atoms with E-state index in [1.165, 1.54) is 12.8 Å². The highest BCUT2D eigenvalue weighted by molar-refractivity contribution is 5.89. The zero-order chi connectivity index (χ0) is 17.6. The third-order valence-electron chi connectivity index (χ3n) is 4.05. The van der Waals surface area contributed by atoms with E-state index in [4.69, 9.17) is 4.74 Å². The zero-order valence-corrected chi connectivity index (χ0v) is 14.6. The van der Waals surface area contributed by atoms with E-state index in [2.05, 4.69) is 25.5 Å². The fraction of sp³-hybridized carbons (Fsp3) is 0.389. The lowest BCUT2D eigenvalue weighted by molar-refractivity contribution is 0.251. The molecule has 2 aromatic rings. The lowest BCUT2D eigenvalue weighted by Gasteiger charge is -2.17. The molecule has 1 aliphatic heterocycles. The molecule has 1 fully saturated rings. The van der Waals surface area contributed by atoms with E-state index in [9.17, 15) is 4.79 Å². The average Bonchev–Trinajstić information content (AvgIpc) is 3.14. The third-order valence-corrected chi connectivity index (χ3v) is 4.05. The maximum Gasteiger partial charge on any atom is 0.319 e. The molecule has 7 heteroatoms. The predicted octanol–water partition coefficient (Wildman–Crippen LogP) is 2.72. The summed E-state index contributed by atoms with van der Waals surface area (Å²) in [5.74, 6) is 2.24. The highest BCUT2D eigenvalue weighted by Gasteiger charge is 2.15. The summed E-state index contributed by atoms with van der Waals surface area (Å²) < 4.78 is 5.14. The van der Waals surface area contributed by atoms with Crippen LogP contribution in [0, 0.1) is 6.92 Å². The van der Waals surface area contributed by atoms with Crippen molar-refractivity contribution >= 4 is 17.5 Å². The first-order valence-corrected chi connectivity index (χ1v) is 8.42. The Morgan fingerprint density at radius 2 is 2.04 bits per heavy atom. The molecule has 25 heavy (non-hydrogen) atoms. The van der Waals surface area contributed by atoms with Crippen LogP contribution in [0.25, 0.3) is 0 Å². The van der Waals surface area contributed by atoms with E-state index in [0.29, 0.717) is 17.3 Å². The van der Waals surface area contributed by atoms with E-state index in [-0.39, 0.29) is 12.6 Å². The molecule has 1 saturated heterocycles. The molecule has 0 atom stereocenters. The number of amides is 2. The SMILES string of the molecule is COc1cccc(NC(=O)NCc2nc(C)cc(N3CCCC3)n2)c1. The Labute approximate surface area is 147 Å². The molecule has 0 aliphatic carbocycles. The van der Waals surface area contributed by atoms with Gasteiger partial charge in [-0.2, -0.15) is 0 Å². The first-order chi connectivity index (χ1) is 12.1. The first kappa shape index (κ1) is 17.0. The molecule has 1 aromatic carbocycles. The van der Waals surface area contributed by atoms with Crippen molar-refractivity contribution in [1.82, 2.24) is 15.3 Å². The number of nitrogens with one attached hydrogen (secondary N) is 2. The molecule has 3 rings (SSSR count). The minimum Gasteiger partial charge on any atom is -0.497 e. The molecule has 2 heterocycles. The molecule has 2 N–H and O–H groups in total. The van der Waals surface area contributed by atoms with Crippen molar-refractivity contribution in [3.8, 4) is 5.75 Å². The van der Waals surface area contributed by atoms with Gasteiger partial charge in [-0.3, -0.25) is 0 Å². The monoisotopic (exact) mass is 341 g/mol. The summed E-state index contributed by atoms with van der Waals surface area (Å²) in [6.45, 7) is 4.28. The van der Waals surface area contributed by atoms with Crippen LogP contribution in [0.3, 0.4) is 0 Å². The molecule has 0 saturated carbocycles. The van der Waals surface area contributed by atoms with Crippen LogP contribution in [-0.4, -0.2) is 36.2 Å². The number of hydrogen-bond donors (Lipinski definition) is 2. The van der Waals surface area contributed by atoms with Gasteiger partial charge in [0.1, 0.15) is 17.4 Å². The standard InChI is InChI=1S/C18H23N5O2/c1-13-10-17(23-8-3-4-9-23)22-16(20-13)12-19-18(24)21-14-6-5-7-15(11-14)25-2/h5-7,10-11H,3-4,8-9,12H2,1-2H3,(H2,19,21,24). The lowest BCUT2D eigenvalue weighted by Crippen LogP contribution is -2.29. The number of aromatic nitrogens is 2. The van der Waals surface area contributed by atoms with E-state index < -0.39 is 0 Å². The van der Waals surface area contributed by atoms with E-state index in [1.807, 2.05) is 25.1 Å². The Morgan fingerprint density at radius 1 is 1.24 bits per heavy atom. The van der Waals surface area contributed by atoms with Gasteiger partial charge in [-0.05, 0) is 31.9 Å². The minimum atomic E-state index is -0.305. The summed E-state index contributed by atoms with van der Waals surface area (Å²) in [4.78, 5) is 23.3. The van der Waals surface area contributed by atoms with Gasteiger partial charge in [0.2, 0.25) is 0 Å². The summed E-state index contributed by atoms with van der Waals surface area (Å²) in [6, 6.07) is 8.89. The quantitative estimate of drug-likeness (QED) is 0.874. The molecular formula is C18H23N5O2. The molecule has 7 nitrogen and oxygen atoms in total. The zero-order valence-electron chi connectivity index (χ0n) is 14.6. The van der Waals surface area contributed by atoms with Crippen molar-refractivity contribution in [2.24, 2.45) is 0 Å². The van der Waals surface area contributed by atoms with Crippen LogP contribution >= 0.6 is 0 Å². The Hall–Kier alpha value is -2.83. The fourth-order valence-electron chi connectivity index (χ4n) is 2.83. The van der Waals surface area contributed by atoms with Crippen molar-refractivity contribution < 1.29 is 9.53 Å². The van der Waals surface area contributed by atoms with Crippen molar-refractivity contribution in [2.45, 2.75) is 26.3 Å². The van der Waals surface area contributed by atoms with Crippen molar-refractivity contribution in [1.29, 1.82) is 0 Å². The number of benzene rings is 1. The number of rotatable bonds is 5. The number of carbonyl (C=O) groups excluding carboxylic acids is 1. The maximum atomic E-state index is 12.1. The van der Waals surface area contributed by atoms with Gasteiger partial charge in [-0.1, -0.05) is 6.07 Å². The summed E-state index contributed by atoms with van der Waals surface area (Å²) in [5, 5.41) is 5.57. The predicted molar refractivity (Wildman–Crippen MR) is 97.1 cm³/mol. The normalized spacial score (nSPS) is 13.6. The van der Waals surface area contributed by atoms with Crippen LogP contribution in [0.2, 0.25) is 0 Å². The summed E-state index contributed by atoms with van der Waals surface area (Å²) in [5.41, 5.74) is 1.57. The van der Waals surface area contributed by atoms with Crippen LogP contribution in [-0.2, 0) is 6.54 Å². The molecular weight excluding hydrogens is 318 g/mol. The van der Waals surface area contributed by atoms with Crippen molar-refractivity contribution in [2.75, 3.05) is 30.4 Å². The molecule has 0 unspecified atom stereocenters. The van der Waals surface area contributed by atoms with Gasteiger partial charge in [0.05, 0.1) is 13.7 Å². The molecule has 1 aromatic heterocycles. The van der Waals surface area contributed by atoms with Crippen LogP contribution in [0.1, 0.15) is 24.4 Å². The van der Waals surface area contributed by atoms with Crippen molar-refractivity contribution in [3.63, 3.8) is 0 Å². The topological polar surface area (TPSA) is 79.4 Å². The van der Waals surface area contributed by atoms with Gasteiger partial charge in [0.15, 0.2) is 0 Å². The molecule has 0 bridgehead atoms. The minimum absolute atomic E-state index is 0.276. The molecule has 1 aliphatic rings. The second kappa shape index (κ2) is 7.83. The van der Waals surface area contributed by atoms with E-state index >= 15 is 0 Å². The Kier molecular flexibility index (Phi) is 5.33. The number of urea groups is 1. The Bertz CT molecular complexity index is 744. The number of anilines is 2. The summed E-state index contributed by atoms with van der Waals surface area (Å²) in [6.07, 6.45) is 2.39. The second-order valence-electron chi connectivity index (χ2n) is 6.02. The van der Waals surface area contributed by atoms with Gasteiger partial charge in [0.25, 0.3) is 0 Å². The lowest BCUT2D eigenvalue weighted by atomic mass is 10.3. The fourth-order valence-corrected chi connectivity index (χ4v) is 2.83. The van der Waals surface area contributed by atoms with Gasteiger partial charge in [-0.15, -0.1) is 0 Å².